The molecule has 104 valence electrons. The summed E-state index contributed by atoms with van der Waals surface area (Å²) < 4.78 is 0. The largest absolute Gasteiger partial charge is 0.356 e. The zero-order chi connectivity index (χ0) is 13.7. The van der Waals surface area contributed by atoms with Gasteiger partial charge >= 0.3 is 0 Å². The predicted octanol–water partition coefficient (Wildman–Crippen LogP) is 2.31. The van der Waals surface area contributed by atoms with Crippen LogP contribution in [0.5, 0.6) is 0 Å². The highest BCUT2D eigenvalue weighted by Gasteiger charge is 2.24. The smallest absolute Gasteiger partial charge is 0.221 e. The number of likely N-dealkylation sites (tertiary alicyclic amines) is 1. The minimum Gasteiger partial charge on any atom is -0.356 e. The van der Waals surface area contributed by atoms with Crippen LogP contribution >= 0.6 is 0 Å². The maximum absolute atomic E-state index is 11.5. The van der Waals surface area contributed by atoms with Gasteiger partial charge in [-0.3, -0.25) is 4.79 Å². The van der Waals surface area contributed by atoms with Crippen molar-refractivity contribution >= 4 is 5.91 Å². The van der Waals surface area contributed by atoms with E-state index in [1.807, 2.05) is 6.92 Å². The Morgan fingerprint density at radius 3 is 2.95 bits per heavy atom. The zero-order valence-electron chi connectivity index (χ0n) is 12.0. The molecule has 0 unspecified atom stereocenters. The number of benzene rings is 1. The van der Waals surface area contributed by atoms with Crippen LogP contribution in [-0.4, -0.2) is 37.0 Å². The molecule has 0 aromatic heterocycles. The molecule has 3 nitrogen and oxygen atoms in total. The van der Waals surface area contributed by atoms with Crippen molar-refractivity contribution in [2.24, 2.45) is 0 Å². The van der Waals surface area contributed by atoms with Crippen LogP contribution in [-0.2, 0) is 4.79 Å². The van der Waals surface area contributed by atoms with E-state index in [0.29, 0.717) is 12.3 Å². The molecule has 0 spiro atoms. The Morgan fingerprint density at radius 2 is 2.21 bits per heavy atom. The lowest BCUT2D eigenvalue weighted by Gasteiger charge is -2.16. The minimum atomic E-state index is 0.168. The fraction of sp³-hybridized carbons (Fsp3) is 0.562. The summed E-state index contributed by atoms with van der Waals surface area (Å²) in [4.78, 5) is 13.9. The van der Waals surface area contributed by atoms with Crippen LogP contribution in [0, 0.1) is 6.92 Å². The molecule has 0 aliphatic carbocycles. The van der Waals surface area contributed by atoms with E-state index in [-0.39, 0.29) is 5.91 Å². The topological polar surface area (TPSA) is 32.3 Å². The molecule has 0 saturated carbocycles. The Bertz CT molecular complexity index is 431. The molecule has 1 saturated heterocycles. The number of nitrogens with one attached hydrogen (secondary N) is 1. The van der Waals surface area contributed by atoms with Crippen LogP contribution in [0.15, 0.2) is 24.3 Å². The number of hydrogen-bond donors (Lipinski definition) is 1. The molecule has 1 amide bonds. The average molecular weight is 260 g/mol. The summed E-state index contributed by atoms with van der Waals surface area (Å²) in [5.74, 6) is 0.803. The Morgan fingerprint density at radius 1 is 1.42 bits per heavy atom. The van der Waals surface area contributed by atoms with Crippen LogP contribution < -0.4 is 5.32 Å². The molecule has 1 aliphatic rings. The number of aryl methyl sites for hydroxylation is 1. The van der Waals surface area contributed by atoms with Crippen molar-refractivity contribution < 1.29 is 4.79 Å². The van der Waals surface area contributed by atoms with Gasteiger partial charge in [-0.1, -0.05) is 24.3 Å². The highest BCUT2D eigenvalue weighted by atomic mass is 16.1. The zero-order valence-corrected chi connectivity index (χ0v) is 12.0. The van der Waals surface area contributed by atoms with E-state index < -0.39 is 0 Å². The normalized spacial score (nSPS) is 19.6. The second-order valence-corrected chi connectivity index (χ2v) is 5.35. The first kappa shape index (κ1) is 14.1. The summed E-state index contributed by atoms with van der Waals surface area (Å²) in [7, 11) is 0. The molecule has 0 bridgehead atoms. The molecule has 1 N–H and O–H groups in total. The van der Waals surface area contributed by atoms with Crippen LogP contribution in [0.25, 0.3) is 0 Å². The summed E-state index contributed by atoms with van der Waals surface area (Å²) in [6, 6.07) is 8.65. The summed E-state index contributed by atoms with van der Waals surface area (Å²) in [5.41, 5.74) is 2.86. The molecular formula is C16H24N2O. The minimum absolute atomic E-state index is 0.168. The molecule has 19 heavy (non-hydrogen) atoms. The first-order valence-corrected chi connectivity index (χ1v) is 7.25. The number of carbonyl (C=O) groups is 1. The summed E-state index contributed by atoms with van der Waals surface area (Å²) >= 11 is 0. The van der Waals surface area contributed by atoms with Gasteiger partial charge in [-0.25, -0.2) is 0 Å². The molecular weight excluding hydrogens is 236 g/mol. The molecule has 1 aromatic carbocycles. The number of carbonyl (C=O) groups excluding carboxylic acids is 1. The lowest BCUT2D eigenvalue weighted by molar-refractivity contribution is -0.121. The molecule has 0 radical (unpaired) electrons. The van der Waals surface area contributed by atoms with Crippen LogP contribution in [0.3, 0.4) is 0 Å². The van der Waals surface area contributed by atoms with Crippen molar-refractivity contribution in [2.75, 3.05) is 26.2 Å². The highest BCUT2D eigenvalue weighted by Crippen LogP contribution is 2.29. The van der Waals surface area contributed by atoms with E-state index >= 15 is 0 Å². The molecule has 1 heterocycles. The molecule has 1 aliphatic heterocycles. The lowest BCUT2D eigenvalue weighted by Crippen LogP contribution is -2.29. The molecule has 1 fully saturated rings. The van der Waals surface area contributed by atoms with E-state index in [4.69, 9.17) is 0 Å². The summed E-state index contributed by atoms with van der Waals surface area (Å²) in [5, 5.41) is 2.86. The quantitative estimate of drug-likeness (QED) is 0.881. The Labute approximate surface area is 116 Å². The second kappa shape index (κ2) is 6.71. The average Bonchev–Trinajstić information content (AvgIpc) is 2.86. The van der Waals surface area contributed by atoms with Gasteiger partial charge in [0, 0.05) is 26.1 Å². The van der Waals surface area contributed by atoms with Gasteiger partial charge in [0.1, 0.15) is 0 Å². The Hall–Kier alpha value is -1.35. The molecule has 3 heteroatoms. The number of hydrogen-bond acceptors (Lipinski definition) is 2. The van der Waals surface area contributed by atoms with E-state index in [0.717, 1.165) is 26.2 Å². The van der Waals surface area contributed by atoms with Gasteiger partial charge < -0.3 is 10.2 Å². The molecule has 1 aromatic rings. The SMILES string of the molecule is CCNC(=O)CCN1CC[C@@H](c2ccccc2C)C1. The van der Waals surface area contributed by atoms with E-state index in [1.54, 1.807) is 0 Å². The monoisotopic (exact) mass is 260 g/mol. The van der Waals surface area contributed by atoms with Crippen molar-refractivity contribution in [2.45, 2.75) is 32.6 Å². The van der Waals surface area contributed by atoms with E-state index in [1.165, 1.54) is 17.5 Å². The first-order chi connectivity index (χ1) is 9.20. The van der Waals surface area contributed by atoms with Crippen molar-refractivity contribution in [3.05, 3.63) is 35.4 Å². The third-order valence-corrected chi connectivity index (χ3v) is 3.93. The van der Waals surface area contributed by atoms with Crippen LogP contribution in [0.2, 0.25) is 0 Å². The van der Waals surface area contributed by atoms with Gasteiger partial charge in [-0.05, 0) is 43.9 Å². The maximum atomic E-state index is 11.5. The fourth-order valence-corrected chi connectivity index (χ4v) is 2.88. The number of amides is 1. The second-order valence-electron chi connectivity index (χ2n) is 5.35. The number of rotatable bonds is 5. The van der Waals surface area contributed by atoms with Gasteiger partial charge in [0.15, 0.2) is 0 Å². The van der Waals surface area contributed by atoms with Crippen molar-refractivity contribution in [1.29, 1.82) is 0 Å². The molecule has 2 rings (SSSR count). The van der Waals surface area contributed by atoms with Crippen molar-refractivity contribution in [1.82, 2.24) is 10.2 Å². The lowest BCUT2D eigenvalue weighted by atomic mass is 9.94. The standard InChI is InChI=1S/C16H24N2O/c1-3-17-16(19)9-11-18-10-8-14(12-18)15-7-5-4-6-13(15)2/h4-7,14H,3,8-12H2,1-2H3,(H,17,19)/t14-/m1/s1. The van der Waals surface area contributed by atoms with Gasteiger partial charge in [0.2, 0.25) is 5.91 Å². The summed E-state index contributed by atoms with van der Waals surface area (Å²) in [6.45, 7) is 7.95. The predicted molar refractivity (Wildman–Crippen MR) is 78.3 cm³/mol. The first-order valence-electron chi connectivity index (χ1n) is 7.25. The Balaban J connectivity index is 1.83. The van der Waals surface area contributed by atoms with Crippen LogP contribution in [0.1, 0.15) is 36.8 Å². The van der Waals surface area contributed by atoms with Gasteiger partial charge in [-0.2, -0.15) is 0 Å². The third kappa shape index (κ3) is 3.80. The maximum Gasteiger partial charge on any atom is 0.221 e. The Kier molecular flexibility index (Phi) is 4.97. The van der Waals surface area contributed by atoms with E-state index in [2.05, 4.69) is 41.4 Å². The van der Waals surface area contributed by atoms with Gasteiger partial charge in [-0.15, -0.1) is 0 Å². The highest BCUT2D eigenvalue weighted by molar-refractivity contribution is 5.75. The molecule has 1 atom stereocenters. The fourth-order valence-electron chi connectivity index (χ4n) is 2.88. The van der Waals surface area contributed by atoms with Crippen molar-refractivity contribution in [3.63, 3.8) is 0 Å². The van der Waals surface area contributed by atoms with Gasteiger partial charge in [0.25, 0.3) is 0 Å². The third-order valence-electron chi connectivity index (χ3n) is 3.93. The summed E-state index contributed by atoms with van der Waals surface area (Å²) in [6.07, 6.45) is 1.83. The number of nitrogens with zero attached hydrogens (tertiary/aromatic N) is 1. The van der Waals surface area contributed by atoms with Crippen LogP contribution in [0.4, 0.5) is 0 Å². The van der Waals surface area contributed by atoms with Gasteiger partial charge in [0.05, 0.1) is 0 Å². The van der Waals surface area contributed by atoms with E-state index in [9.17, 15) is 4.79 Å². The van der Waals surface area contributed by atoms with Crippen molar-refractivity contribution in [3.8, 4) is 0 Å².